The van der Waals surface area contributed by atoms with Crippen LogP contribution in [0.15, 0.2) is 11.1 Å². The van der Waals surface area contributed by atoms with E-state index >= 15 is 0 Å². The molecule has 0 saturated carbocycles. The fourth-order valence-corrected chi connectivity index (χ4v) is 1.78. The third kappa shape index (κ3) is 15.6. The second-order valence-electron chi connectivity index (χ2n) is 4.50. The van der Waals surface area contributed by atoms with Crippen molar-refractivity contribution in [3.8, 4) is 0 Å². The van der Waals surface area contributed by atoms with Gasteiger partial charge in [-0.2, -0.15) is 13.2 Å². The summed E-state index contributed by atoms with van der Waals surface area (Å²) in [4.78, 5) is 0.438. The number of nitrogens with zero attached hydrogens (tertiary/aromatic N) is 2. The van der Waals surface area contributed by atoms with Crippen molar-refractivity contribution in [1.82, 2.24) is 4.90 Å². The summed E-state index contributed by atoms with van der Waals surface area (Å²) in [5.74, 6) is 0. The van der Waals surface area contributed by atoms with Gasteiger partial charge in [0.15, 0.2) is 11.1 Å². The molecular formula is C8H14F9N2O2PS. The number of hydrogen-bond acceptors (Lipinski definition) is 3. The van der Waals surface area contributed by atoms with Gasteiger partial charge >= 0.3 is 38.5 Å². The summed E-state index contributed by atoms with van der Waals surface area (Å²) >= 11 is 0. The van der Waals surface area contributed by atoms with Gasteiger partial charge < -0.3 is 4.90 Å². The fraction of sp³-hybridized carbons (Fsp3) is 0.625. The summed E-state index contributed by atoms with van der Waals surface area (Å²) in [5.41, 5.74) is -5.29. The van der Waals surface area contributed by atoms with Crippen LogP contribution < -0.4 is 0 Å². The molecular weight excluding hydrogens is 390 g/mol. The zero-order chi connectivity index (χ0) is 19.6. The van der Waals surface area contributed by atoms with Crippen LogP contribution in [0.5, 0.6) is 0 Å². The van der Waals surface area contributed by atoms with Gasteiger partial charge in [-0.25, -0.2) is 13.0 Å². The molecule has 0 aromatic heterocycles. The van der Waals surface area contributed by atoms with Crippen molar-refractivity contribution in [1.29, 1.82) is 0 Å². The molecule has 0 heterocycles. The van der Waals surface area contributed by atoms with Crippen LogP contribution in [0, 0.1) is 0 Å². The Morgan fingerprint density at radius 2 is 1.30 bits per heavy atom. The topological polar surface area (TPSA) is 40.4 Å². The predicted octanol–water partition coefficient (Wildman–Crippen LogP) is 4.05. The van der Waals surface area contributed by atoms with Crippen LogP contribution in [-0.4, -0.2) is 57.8 Å². The zero-order valence-corrected chi connectivity index (χ0v) is 13.8. The molecule has 0 spiro atoms. The predicted molar refractivity (Wildman–Crippen MR) is 68.5 cm³/mol. The van der Waals surface area contributed by atoms with Crippen LogP contribution in [0.2, 0.25) is 0 Å². The molecule has 15 heteroatoms. The standard InChI is InChI=1S/C8H14F3N2O2S.F6P/c1-12(2)5-7(6-13(3)4)16(14,15)8(9,10)11;1-7(2,3,4,5)6/h5-6H,1-4H3;/q+1;-1. The molecule has 0 atom stereocenters. The van der Waals surface area contributed by atoms with E-state index in [0.717, 1.165) is 12.4 Å². The minimum atomic E-state index is -10.7. The zero-order valence-electron chi connectivity index (χ0n) is 12.1. The quantitative estimate of drug-likeness (QED) is 0.309. The molecule has 0 fully saturated rings. The Morgan fingerprint density at radius 3 is 1.48 bits per heavy atom. The molecule has 0 radical (unpaired) electrons. The summed E-state index contributed by atoms with van der Waals surface area (Å²) in [6, 6.07) is 0. The van der Waals surface area contributed by atoms with E-state index in [1.165, 1.54) is 37.7 Å². The van der Waals surface area contributed by atoms with Crippen molar-refractivity contribution in [2.75, 3.05) is 28.2 Å². The second kappa shape index (κ2) is 6.11. The third-order valence-corrected chi connectivity index (χ3v) is 2.83. The number of allylic oxidation sites excluding steroid dienone is 1. The average molecular weight is 404 g/mol. The first-order valence-corrected chi connectivity index (χ1v) is 8.72. The first-order chi connectivity index (χ1) is 9.43. The molecule has 23 heavy (non-hydrogen) atoms. The Labute approximate surface area is 126 Å². The molecule has 142 valence electrons. The van der Waals surface area contributed by atoms with Gasteiger partial charge in [0.05, 0.1) is 0 Å². The van der Waals surface area contributed by atoms with Gasteiger partial charge in [-0.3, -0.25) is 0 Å². The monoisotopic (exact) mass is 404 g/mol. The molecule has 0 N–H and O–H groups in total. The minimum absolute atomic E-state index is 0.796. The molecule has 0 aliphatic carbocycles. The number of sulfone groups is 1. The van der Waals surface area contributed by atoms with E-state index in [-0.39, 0.29) is 0 Å². The number of halogens is 9. The van der Waals surface area contributed by atoms with Crippen molar-refractivity contribution in [2.45, 2.75) is 5.51 Å². The van der Waals surface area contributed by atoms with Gasteiger partial charge in [-0.05, 0) is 0 Å². The van der Waals surface area contributed by atoms with Crippen LogP contribution >= 0.6 is 7.81 Å². The van der Waals surface area contributed by atoms with E-state index in [1.54, 1.807) is 0 Å². The molecule has 0 rings (SSSR count). The molecule has 0 bridgehead atoms. The molecule has 0 aliphatic heterocycles. The van der Waals surface area contributed by atoms with Crippen molar-refractivity contribution in [3.63, 3.8) is 0 Å². The number of rotatable bonds is 3. The third-order valence-electron chi connectivity index (χ3n) is 1.39. The van der Waals surface area contributed by atoms with E-state index < -0.39 is 28.1 Å². The summed E-state index contributed by atoms with van der Waals surface area (Å²) in [5, 5.41) is 0. The Kier molecular flexibility index (Phi) is 6.44. The maximum absolute atomic E-state index is 12.3. The second-order valence-corrected chi connectivity index (χ2v) is 8.35. The van der Waals surface area contributed by atoms with Gasteiger partial charge in [-0.15, -0.1) is 0 Å². The first-order valence-electron chi connectivity index (χ1n) is 5.21. The van der Waals surface area contributed by atoms with Crippen molar-refractivity contribution in [3.05, 3.63) is 11.1 Å². The molecule has 0 saturated heterocycles. The van der Waals surface area contributed by atoms with E-state index in [4.69, 9.17) is 0 Å². The summed E-state index contributed by atoms with van der Waals surface area (Å²) in [6.07, 6.45) is 1.81. The Morgan fingerprint density at radius 1 is 1.00 bits per heavy atom. The van der Waals surface area contributed by atoms with E-state index in [9.17, 15) is 46.8 Å². The molecule has 0 aromatic carbocycles. The number of hydrogen-bond donors (Lipinski definition) is 0. The van der Waals surface area contributed by atoms with Crippen LogP contribution in [0.3, 0.4) is 0 Å². The number of alkyl halides is 3. The molecule has 0 aromatic rings. The van der Waals surface area contributed by atoms with Crippen LogP contribution in [0.4, 0.5) is 38.4 Å². The van der Waals surface area contributed by atoms with E-state index in [0.29, 0.717) is 0 Å². The van der Waals surface area contributed by atoms with Crippen molar-refractivity contribution < 1.29 is 51.3 Å². The van der Waals surface area contributed by atoms with Gasteiger partial charge in [0.1, 0.15) is 14.1 Å². The summed E-state index contributed by atoms with van der Waals surface area (Å²) in [6.45, 7) is 0. The molecule has 0 unspecified atom stereocenters. The normalized spacial score (nSPS) is 16.5. The summed E-state index contributed by atoms with van der Waals surface area (Å²) in [7, 11) is -10.2. The van der Waals surface area contributed by atoms with Crippen LogP contribution in [0.25, 0.3) is 0 Å². The van der Waals surface area contributed by atoms with Crippen molar-refractivity contribution in [2.24, 2.45) is 0 Å². The average Bonchev–Trinajstić information content (AvgIpc) is 2.07. The van der Waals surface area contributed by atoms with E-state index in [1.807, 2.05) is 0 Å². The maximum atomic E-state index is 12.3. The summed E-state index contributed by atoms with van der Waals surface area (Å²) < 4.78 is 120. The molecule has 0 aliphatic rings. The van der Waals surface area contributed by atoms with Crippen molar-refractivity contribution >= 4 is 23.9 Å². The molecule has 0 amide bonds. The first kappa shape index (κ1) is 24.2. The Hall–Kier alpha value is -1.04. The van der Waals surface area contributed by atoms with Crippen LogP contribution in [-0.2, 0) is 9.84 Å². The van der Waals surface area contributed by atoms with Gasteiger partial charge in [0, 0.05) is 20.3 Å². The SMILES string of the molecule is CN(C)/C=C(/C=[N+](C)C)S(=O)(=O)C(F)(F)F.F[P-](F)(F)(F)(F)F. The van der Waals surface area contributed by atoms with Crippen LogP contribution in [0.1, 0.15) is 0 Å². The fourth-order valence-electron chi connectivity index (χ4n) is 0.815. The van der Waals surface area contributed by atoms with Gasteiger partial charge in [0.2, 0.25) is 0 Å². The van der Waals surface area contributed by atoms with Gasteiger partial charge in [-0.1, -0.05) is 0 Å². The van der Waals surface area contributed by atoms with Gasteiger partial charge in [0.25, 0.3) is 9.84 Å². The van der Waals surface area contributed by atoms with E-state index in [2.05, 4.69) is 0 Å². The Balaban J connectivity index is 0. The Bertz CT molecular complexity index is 571. The molecule has 4 nitrogen and oxygen atoms in total.